The summed E-state index contributed by atoms with van der Waals surface area (Å²) in [4.78, 5) is 0. The van der Waals surface area contributed by atoms with Crippen molar-refractivity contribution in [2.45, 2.75) is 20.8 Å². The molecule has 0 aliphatic carbocycles. The zero-order valence-electron chi connectivity index (χ0n) is 13.0. The second-order valence-electron chi connectivity index (χ2n) is 5.71. The molecule has 1 aliphatic heterocycles. The van der Waals surface area contributed by atoms with Crippen molar-refractivity contribution in [2.24, 2.45) is 0 Å². The first-order valence-electron chi connectivity index (χ1n) is 7.13. The lowest BCUT2D eigenvalue weighted by Crippen LogP contribution is -2.07. The van der Waals surface area contributed by atoms with Gasteiger partial charge in [0.2, 0.25) is 0 Å². The maximum Gasteiger partial charge on any atom is 0.158 e. The summed E-state index contributed by atoms with van der Waals surface area (Å²) in [5, 5.41) is 0. The Balaban J connectivity index is 2.12. The third-order valence-corrected chi connectivity index (χ3v) is 4.17. The number of aryl methyl sites for hydroxylation is 2. The van der Waals surface area contributed by atoms with Gasteiger partial charge in [0.15, 0.2) is 5.75 Å². The molecule has 0 atom stereocenters. The third kappa shape index (κ3) is 2.19. The van der Waals surface area contributed by atoms with Gasteiger partial charge in [0.05, 0.1) is 5.69 Å². The van der Waals surface area contributed by atoms with Crippen molar-refractivity contribution in [2.75, 3.05) is 5.73 Å². The molecule has 0 saturated heterocycles. The summed E-state index contributed by atoms with van der Waals surface area (Å²) in [7, 11) is 0. The number of nitrogens with two attached hydrogens (primary N) is 1. The van der Waals surface area contributed by atoms with Crippen LogP contribution >= 0.6 is 0 Å². The molecule has 2 aromatic carbocycles. The monoisotopic (exact) mass is 295 g/mol. The molecule has 22 heavy (non-hydrogen) atoms. The Morgan fingerprint density at radius 1 is 1.09 bits per heavy atom. The van der Waals surface area contributed by atoms with Crippen molar-refractivity contribution < 1.29 is 9.13 Å². The molecule has 1 aliphatic rings. The van der Waals surface area contributed by atoms with Crippen molar-refractivity contribution >= 4 is 17.0 Å². The first-order valence-corrected chi connectivity index (χ1v) is 7.13. The molecule has 2 nitrogen and oxygen atoms in total. The quantitative estimate of drug-likeness (QED) is 0.768. The van der Waals surface area contributed by atoms with Gasteiger partial charge in [0, 0.05) is 11.1 Å². The number of anilines is 1. The van der Waals surface area contributed by atoms with E-state index in [2.05, 4.69) is 6.58 Å². The summed E-state index contributed by atoms with van der Waals surface area (Å²) in [6, 6.07) is 7.28. The van der Waals surface area contributed by atoms with E-state index in [0.717, 1.165) is 22.3 Å². The van der Waals surface area contributed by atoms with Crippen LogP contribution in [0.3, 0.4) is 0 Å². The van der Waals surface area contributed by atoms with E-state index >= 15 is 0 Å². The zero-order valence-corrected chi connectivity index (χ0v) is 13.0. The van der Waals surface area contributed by atoms with Gasteiger partial charge in [0.25, 0.3) is 0 Å². The van der Waals surface area contributed by atoms with Crippen LogP contribution in [-0.2, 0) is 0 Å². The maximum absolute atomic E-state index is 14.0. The Morgan fingerprint density at radius 3 is 2.50 bits per heavy atom. The van der Waals surface area contributed by atoms with Crippen LogP contribution in [0.5, 0.6) is 5.75 Å². The minimum Gasteiger partial charge on any atom is -0.454 e. The highest BCUT2D eigenvalue weighted by molar-refractivity contribution is 5.90. The van der Waals surface area contributed by atoms with E-state index in [9.17, 15) is 4.39 Å². The average Bonchev–Trinajstić information content (AvgIpc) is 2.48. The second kappa shape index (κ2) is 5.02. The van der Waals surface area contributed by atoms with Crippen LogP contribution in [0.1, 0.15) is 27.8 Å². The molecule has 3 rings (SSSR count). The molecule has 0 bridgehead atoms. The number of nitrogen functional groups attached to an aromatic ring is 1. The maximum atomic E-state index is 14.0. The molecule has 0 aromatic heterocycles. The Hall–Kier alpha value is -2.55. The van der Waals surface area contributed by atoms with Crippen LogP contribution in [0.4, 0.5) is 10.1 Å². The third-order valence-electron chi connectivity index (χ3n) is 4.17. The molecule has 0 amide bonds. The minimum atomic E-state index is -0.242. The van der Waals surface area contributed by atoms with Gasteiger partial charge in [-0.25, -0.2) is 4.39 Å². The molecule has 0 unspecified atom stereocenters. The highest BCUT2D eigenvalue weighted by Crippen LogP contribution is 2.41. The zero-order chi connectivity index (χ0) is 16.0. The second-order valence-corrected chi connectivity index (χ2v) is 5.71. The van der Waals surface area contributed by atoms with Gasteiger partial charge in [-0.1, -0.05) is 18.7 Å². The largest absolute Gasteiger partial charge is 0.454 e. The normalized spacial score (nSPS) is 13.5. The van der Waals surface area contributed by atoms with E-state index in [1.54, 1.807) is 6.92 Å². The molecular weight excluding hydrogens is 277 g/mol. The lowest BCUT2D eigenvalue weighted by Gasteiger charge is -2.22. The number of benzene rings is 2. The topological polar surface area (TPSA) is 35.2 Å². The Morgan fingerprint density at radius 2 is 1.82 bits per heavy atom. The Labute approximate surface area is 129 Å². The van der Waals surface area contributed by atoms with E-state index in [0.29, 0.717) is 28.3 Å². The van der Waals surface area contributed by atoms with E-state index in [1.165, 1.54) is 6.07 Å². The van der Waals surface area contributed by atoms with Crippen LogP contribution in [0.15, 0.2) is 36.9 Å². The number of hydrogen-bond donors (Lipinski definition) is 1. The molecule has 2 aromatic rings. The van der Waals surface area contributed by atoms with E-state index in [-0.39, 0.29) is 5.82 Å². The van der Waals surface area contributed by atoms with E-state index in [1.807, 2.05) is 38.1 Å². The van der Waals surface area contributed by atoms with Gasteiger partial charge in [0.1, 0.15) is 11.6 Å². The number of allylic oxidation sites excluding steroid dienone is 2. The predicted molar refractivity (Wildman–Crippen MR) is 89.1 cm³/mol. The van der Waals surface area contributed by atoms with Crippen LogP contribution in [0, 0.1) is 26.6 Å². The predicted octanol–water partition coefficient (Wildman–Crippen LogP) is 4.78. The molecule has 112 valence electrons. The highest BCUT2D eigenvalue weighted by atomic mass is 19.1. The fourth-order valence-corrected chi connectivity index (χ4v) is 2.54. The van der Waals surface area contributed by atoms with Gasteiger partial charge in [-0.3, -0.25) is 0 Å². The van der Waals surface area contributed by atoms with Crippen molar-refractivity contribution in [1.29, 1.82) is 0 Å². The fourth-order valence-electron chi connectivity index (χ4n) is 2.54. The number of rotatable bonds is 1. The van der Waals surface area contributed by atoms with Crippen LogP contribution in [-0.4, -0.2) is 0 Å². The first kappa shape index (κ1) is 14.4. The van der Waals surface area contributed by atoms with Gasteiger partial charge in [-0.2, -0.15) is 0 Å². The Bertz CT molecular complexity index is 811. The Kier molecular flexibility index (Phi) is 3.28. The van der Waals surface area contributed by atoms with Crippen LogP contribution in [0.2, 0.25) is 0 Å². The van der Waals surface area contributed by atoms with Gasteiger partial charge in [-0.15, -0.1) is 0 Å². The van der Waals surface area contributed by atoms with Gasteiger partial charge in [-0.05, 0) is 61.2 Å². The van der Waals surface area contributed by atoms with Crippen molar-refractivity contribution in [3.63, 3.8) is 0 Å². The smallest absolute Gasteiger partial charge is 0.158 e. The molecule has 0 saturated carbocycles. The standard InChI is InChI=1S/C19H18FNO/c1-10-5-6-15-12(3)8-17(22-19(15)18(10)21)14-7-11(2)13(4)16(20)9-14/h5-9H,3,21H2,1-2,4H3. The van der Waals surface area contributed by atoms with E-state index in [4.69, 9.17) is 10.5 Å². The highest BCUT2D eigenvalue weighted by Gasteiger charge is 2.21. The molecule has 0 spiro atoms. The summed E-state index contributed by atoms with van der Waals surface area (Å²) in [6.07, 6.45) is 1.82. The van der Waals surface area contributed by atoms with Crippen molar-refractivity contribution in [3.05, 3.63) is 70.6 Å². The number of hydrogen-bond acceptors (Lipinski definition) is 2. The molecule has 1 heterocycles. The number of fused-ring (bicyclic) bond motifs is 1. The fraction of sp³-hybridized carbons (Fsp3) is 0.158. The van der Waals surface area contributed by atoms with E-state index < -0.39 is 0 Å². The van der Waals surface area contributed by atoms with Gasteiger partial charge < -0.3 is 10.5 Å². The first-order chi connectivity index (χ1) is 10.4. The lowest BCUT2D eigenvalue weighted by molar-refractivity contribution is 0.510. The van der Waals surface area contributed by atoms with Crippen LogP contribution in [0.25, 0.3) is 11.3 Å². The molecule has 3 heteroatoms. The average molecular weight is 295 g/mol. The minimum absolute atomic E-state index is 0.242. The SMILES string of the molecule is C=C1C=C(c2cc(C)c(C)c(F)c2)Oc2c1ccc(C)c2N. The van der Waals surface area contributed by atoms with Crippen molar-refractivity contribution in [1.82, 2.24) is 0 Å². The molecule has 2 N–H and O–H groups in total. The summed E-state index contributed by atoms with van der Waals surface area (Å²) < 4.78 is 20.0. The van der Waals surface area contributed by atoms with Gasteiger partial charge >= 0.3 is 0 Å². The summed E-state index contributed by atoms with van der Waals surface area (Å²) in [5.74, 6) is 0.922. The molecule has 0 radical (unpaired) electrons. The summed E-state index contributed by atoms with van der Waals surface area (Å²) >= 11 is 0. The van der Waals surface area contributed by atoms with Crippen molar-refractivity contribution in [3.8, 4) is 5.75 Å². The lowest BCUT2D eigenvalue weighted by atomic mass is 9.97. The number of ether oxygens (including phenoxy) is 1. The van der Waals surface area contributed by atoms with Crippen LogP contribution < -0.4 is 10.5 Å². The molecule has 0 fully saturated rings. The summed E-state index contributed by atoms with van der Waals surface area (Å²) in [5.41, 5.74) is 11.6. The summed E-state index contributed by atoms with van der Waals surface area (Å²) in [6.45, 7) is 9.63. The number of halogens is 1. The molecular formula is C19H18FNO.